The molecule has 0 amide bonds. The first kappa shape index (κ1) is 20.1. The standard InChI is InChI=1S/C26H27NO4S/c28-20-7-4-16-12-25(32-26(16)13-20)17-10-18-5-6-19(11-17)27(18)14-21(29)15-31-24-3-1-2-23-22(24)8-9-30-23/h1-4,7-9,12-13,17-19,21,28-29H,5-6,10-11,14-15H2/t17?,18?,19?,21-/m0/s1. The average molecular weight is 450 g/mol. The molecule has 2 fully saturated rings. The third kappa shape index (κ3) is 3.66. The number of aliphatic hydroxyl groups is 1. The van der Waals surface area contributed by atoms with Gasteiger partial charge in [-0.3, -0.25) is 4.90 Å². The quantitative estimate of drug-likeness (QED) is 0.407. The highest BCUT2D eigenvalue weighted by molar-refractivity contribution is 7.19. The van der Waals surface area contributed by atoms with Crippen molar-refractivity contribution in [2.75, 3.05) is 13.2 Å². The fraction of sp³-hybridized carbons (Fsp3) is 0.385. The van der Waals surface area contributed by atoms with E-state index in [2.05, 4.69) is 11.0 Å². The molecule has 166 valence electrons. The molecular weight excluding hydrogens is 422 g/mol. The van der Waals surface area contributed by atoms with E-state index in [1.165, 1.54) is 23.1 Å². The van der Waals surface area contributed by atoms with Crippen LogP contribution in [0.25, 0.3) is 21.1 Å². The van der Waals surface area contributed by atoms with Crippen LogP contribution in [-0.2, 0) is 0 Å². The molecule has 6 heteroatoms. The minimum atomic E-state index is -0.524. The molecule has 2 aliphatic rings. The third-order valence-electron chi connectivity index (χ3n) is 7.12. The van der Waals surface area contributed by atoms with Gasteiger partial charge in [0.2, 0.25) is 0 Å². The van der Waals surface area contributed by atoms with Crippen molar-refractivity contribution in [2.45, 2.75) is 49.8 Å². The molecule has 2 bridgehead atoms. The van der Waals surface area contributed by atoms with Gasteiger partial charge in [-0.05, 0) is 79.5 Å². The number of fused-ring (bicyclic) bond motifs is 4. The Morgan fingerprint density at radius 3 is 2.78 bits per heavy atom. The van der Waals surface area contributed by atoms with Crippen LogP contribution < -0.4 is 4.74 Å². The molecule has 4 heterocycles. The van der Waals surface area contributed by atoms with Crippen molar-refractivity contribution in [1.29, 1.82) is 0 Å². The van der Waals surface area contributed by atoms with E-state index >= 15 is 0 Å². The molecule has 2 saturated heterocycles. The molecule has 32 heavy (non-hydrogen) atoms. The summed E-state index contributed by atoms with van der Waals surface area (Å²) in [5.41, 5.74) is 0.800. The second-order valence-corrected chi connectivity index (χ2v) is 10.3. The van der Waals surface area contributed by atoms with Crippen molar-refractivity contribution in [3.8, 4) is 11.5 Å². The number of phenolic OH excluding ortho intramolecular Hbond substituents is 1. The zero-order valence-electron chi connectivity index (χ0n) is 17.8. The number of benzene rings is 2. The van der Waals surface area contributed by atoms with Crippen molar-refractivity contribution < 1.29 is 19.4 Å². The fourth-order valence-electron chi connectivity index (χ4n) is 5.62. The lowest BCUT2D eigenvalue weighted by molar-refractivity contribution is 0.0323. The lowest BCUT2D eigenvalue weighted by Crippen LogP contribution is -2.47. The largest absolute Gasteiger partial charge is 0.508 e. The van der Waals surface area contributed by atoms with Gasteiger partial charge in [0.1, 0.15) is 29.8 Å². The predicted octanol–water partition coefficient (Wildman–Crippen LogP) is 5.50. The van der Waals surface area contributed by atoms with Gasteiger partial charge in [-0.25, -0.2) is 0 Å². The summed E-state index contributed by atoms with van der Waals surface area (Å²) in [6.07, 6.45) is 5.82. The number of piperidine rings is 1. The van der Waals surface area contributed by atoms with Gasteiger partial charge in [-0.2, -0.15) is 0 Å². The van der Waals surface area contributed by atoms with Crippen molar-refractivity contribution in [3.63, 3.8) is 0 Å². The van der Waals surface area contributed by atoms with Crippen LogP contribution in [-0.4, -0.2) is 46.5 Å². The number of furan rings is 1. The lowest BCUT2D eigenvalue weighted by atomic mass is 9.89. The van der Waals surface area contributed by atoms with E-state index in [9.17, 15) is 10.2 Å². The SMILES string of the molecule is Oc1ccc2cc(C3CC4CCC(C3)N4C[C@H](O)COc3cccc4occc34)sc2c1. The first-order valence-electron chi connectivity index (χ1n) is 11.4. The Bertz CT molecular complexity index is 1230. The van der Waals surface area contributed by atoms with Crippen molar-refractivity contribution >= 4 is 32.4 Å². The molecule has 0 aliphatic carbocycles. The zero-order valence-corrected chi connectivity index (χ0v) is 18.6. The molecule has 0 radical (unpaired) electrons. The Balaban J connectivity index is 1.10. The summed E-state index contributed by atoms with van der Waals surface area (Å²) < 4.78 is 12.5. The topological polar surface area (TPSA) is 66.1 Å². The van der Waals surface area contributed by atoms with E-state index in [0.29, 0.717) is 30.3 Å². The summed E-state index contributed by atoms with van der Waals surface area (Å²) in [6, 6.07) is 16.6. The summed E-state index contributed by atoms with van der Waals surface area (Å²) in [5, 5.41) is 22.7. The lowest BCUT2D eigenvalue weighted by Gasteiger charge is -2.39. The molecular formula is C26H27NO4S. The number of aliphatic hydroxyl groups excluding tert-OH is 1. The zero-order chi connectivity index (χ0) is 21.7. The Labute approximate surface area is 190 Å². The van der Waals surface area contributed by atoms with Crippen molar-refractivity contribution in [1.82, 2.24) is 4.90 Å². The minimum absolute atomic E-state index is 0.281. The summed E-state index contributed by atoms with van der Waals surface area (Å²) >= 11 is 1.82. The first-order chi connectivity index (χ1) is 15.6. The van der Waals surface area contributed by atoms with Gasteiger partial charge >= 0.3 is 0 Å². The molecule has 2 N–H and O–H groups in total. The first-order valence-corrected chi connectivity index (χ1v) is 12.2. The molecule has 2 unspecified atom stereocenters. The van der Waals surface area contributed by atoms with E-state index in [4.69, 9.17) is 9.15 Å². The summed E-state index contributed by atoms with van der Waals surface area (Å²) in [6.45, 7) is 0.938. The number of aromatic hydroxyl groups is 1. The molecule has 5 nitrogen and oxygen atoms in total. The number of hydrogen-bond acceptors (Lipinski definition) is 6. The smallest absolute Gasteiger partial charge is 0.137 e. The Morgan fingerprint density at radius 2 is 1.94 bits per heavy atom. The Morgan fingerprint density at radius 1 is 1.09 bits per heavy atom. The summed E-state index contributed by atoms with van der Waals surface area (Å²) in [7, 11) is 0. The maximum absolute atomic E-state index is 10.7. The normalized spacial score (nSPS) is 24.3. The summed E-state index contributed by atoms with van der Waals surface area (Å²) in [4.78, 5) is 3.95. The summed E-state index contributed by atoms with van der Waals surface area (Å²) in [5.74, 6) is 1.66. The van der Waals surface area contributed by atoms with Crippen LogP contribution in [0.15, 0.2) is 59.2 Å². The van der Waals surface area contributed by atoms with Gasteiger partial charge in [0.15, 0.2) is 0 Å². The second kappa shape index (κ2) is 8.10. The average Bonchev–Trinajstić information content (AvgIpc) is 3.48. The third-order valence-corrected chi connectivity index (χ3v) is 8.38. The van der Waals surface area contributed by atoms with Gasteiger partial charge < -0.3 is 19.4 Å². The van der Waals surface area contributed by atoms with Gasteiger partial charge in [0.05, 0.1) is 11.6 Å². The Kier molecular flexibility index (Phi) is 5.09. The number of rotatable bonds is 6. The van der Waals surface area contributed by atoms with Crippen LogP contribution in [0.5, 0.6) is 11.5 Å². The number of hydrogen-bond donors (Lipinski definition) is 2. The van der Waals surface area contributed by atoms with E-state index in [-0.39, 0.29) is 6.61 Å². The number of phenols is 1. The van der Waals surface area contributed by atoms with Crippen LogP contribution in [0.2, 0.25) is 0 Å². The molecule has 6 rings (SSSR count). The molecule has 2 aromatic heterocycles. The highest BCUT2D eigenvalue weighted by Crippen LogP contribution is 2.46. The number of nitrogens with zero attached hydrogens (tertiary/aromatic N) is 1. The molecule has 0 saturated carbocycles. The molecule has 0 spiro atoms. The Hall–Kier alpha value is -2.54. The maximum Gasteiger partial charge on any atom is 0.137 e. The van der Waals surface area contributed by atoms with Crippen LogP contribution >= 0.6 is 11.3 Å². The van der Waals surface area contributed by atoms with Gasteiger partial charge in [-0.1, -0.05) is 6.07 Å². The van der Waals surface area contributed by atoms with Gasteiger partial charge in [0.25, 0.3) is 0 Å². The molecule has 4 aromatic rings. The van der Waals surface area contributed by atoms with Crippen LogP contribution in [0, 0.1) is 0 Å². The highest BCUT2D eigenvalue weighted by Gasteiger charge is 2.42. The molecule has 2 aromatic carbocycles. The van der Waals surface area contributed by atoms with E-state index in [0.717, 1.165) is 34.3 Å². The van der Waals surface area contributed by atoms with Crippen molar-refractivity contribution in [3.05, 3.63) is 59.7 Å². The van der Waals surface area contributed by atoms with E-state index in [1.807, 2.05) is 47.7 Å². The van der Waals surface area contributed by atoms with Crippen molar-refractivity contribution in [2.24, 2.45) is 0 Å². The van der Waals surface area contributed by atoms with E-state index in [1.54, 1.807) is 12.3 Å². The monoisotopic (exact) mass is 449 g/mol. The minimum Gasteiger partial charge on any atom is -0.508 e. The maximum atomic E-state index is 10.7. The predicted molar refractivity (Wildman–Crippen MR) is 127 cm³/mol. The number of thiophene rings is 1. The number of ether oxygens (including phenoxy) is 1. The molecule has 2 aliphatic heterocycles. The molecule has 3 atom stereocenters. The fourth-order valence-corrected chi connectivity index (χ4v) is 6.84. The second-order valence-electron chi connectivity index (χ2n) is 9.17. The van der Waals surface area contributed by atoms with Crippen LogP contribution in [0.4, 0.5) is 0 Å². The highest BCUT2D eigenvalue weighted by atomic mass is 32.1. The van der Waals surface area contributed by atoms with Crippen LogP contribution in [0.1, 0.15) is 36.5 Å². The van der Waals surface area contributed by atoms with Gasteiger partial charge in [-0.15, -0.1) is 11.3 Å². The van der Waals surface area contributed by atoms with Gasteiger partial charge in [0, 0.05) is 28.2 Å². The van der Waals surface area contributed by atoms with Crippen LogP contribution in [0.3, 0.4) is 0 Å². The van der Waals surface area contributed by atoms with E-state index < -0.39 is 6.10 Å².